The molecule has 2 aromatic rings. The average molecular weight is 479 g/mol. The minimum atomic E-state index is -0.344. The fourth-order valence-electron chi connectivity index (χ4n) is 2.89. The number of hydrogen-bond donors (Lipinski definition) is 2. The van der Waals surface area contributed by atoms with Gasteiger partial charge in [-0.25, -0.2) is 0 Å². The highest BCUT2D eigenvalue weighted by Crippen LogP contribution is 2.23. The van der Waals surface area contributed by atoms with Crippen LogP contribution in [0.15, 0.2) is 46.9 Å². The van der Waals surface area contributed by atoms with Gasteiger partial charge < -0.3 is 19.5 Å². The van der Waals surface area contributed by atoms with E-state index in [0.717, 1.165) is 35.4 Å². The largest absolute Gasteiger partial charge is 0.493 e. The number of carbonyl (C=O) groups is 1. The minimum absolute atomic E-state index is 0.176. The second-order valence-corrected chi connectivity index (χ2v) is 7.78. The van der Waals surface area contributed by atoms with Gasteiger partial charge in [-0.3, -0.25) is 10.1 Å². The van der Waals surface area contributed by atoms with Crippen molar-refractivity contribution in [1.82, 2.24) is 5.32 Å². The molecule has 2 aromatic carbocycles. The minimum Gasteiger partial charge on any atom is -0.493 e. The summed E-state index contributed by atoms with van der Waals surface area (Å²) in [6, 6.07) is 12.6. The second kappa shape index (κ2) is 10.6. The molecule has 0 aliphatic carbocycles. The Labute approximate surface area is 184 Å². The maximum absolute atomic E-state index is 12.6. The van der Waals surface area contributed by atoms with Crippen LogP contribution in [0.4, 0.5) is 5.69 Å². The van der Waals surface area contributed by atoms with Gasteiger partial charge in [-0.1, -0.05) is 15.9 Å². The molecule has 0 radical (unpaired) electrons. The Hall–Kier alpha value is -2.16. The average Bonchev–Trinajstić information content (AvgIpc) is 3.22. The van der Waals surface area contributed by atoms with Crippen LogP contribution in [-0.4, -0.2) is 36.9 Å². The van der Waals surface area contributed by atoms with Crippen LogP contribution in [0.1, 0.15) is 30.1 Å². The lowest BCUT2D eigenvalue weighted by Gasteiger charge is -2.14. The second-order valence-electron chi connectivity index (χ2n) is 6.45. The van der Waals surface area contributed by atoms with Crippen molar-refractivity contribution < 1.29 is 19.0 Å². The molecule has 2 N–H and O–H groups in total. The normalized spacial score (nSPS) is 15.6. The van der Waals surface area contributed by atoms with Crippen molar-refractivity contribution >= 4 is 44.9 Å². The van der Waals surface area contributed by atoms with Crippen molar-refractivity contribution in [1.29, 1.82) is 0 Å². The van der Waals surface area contributed by atoms with E-state index in [4.69, 9.17) is 26.4 Å². The number of halogens is 1. The summed E-state index contributed by atoms with van der Waals surface area (Å²) in [5.41, 5.74) is 1.15. The fourth-order valence-corrected chi connectivity index (χ4v) is 3.46. The van der Waals surface area contributed by atoms with Crippen molar-refractivity contribution in [3.8, 4) is 11.5 Å². The third-order valence-corrected chi connectivity index (χ3v) is 4.98. The predicted molar refractivity (Wildman–Crippen MR) is 120 cm³/mol. The van der Waals surface area contributed by atoms with Gasteiger partial charge in [0.15, 0.2) is 5.11 Å². The number of benzene rings is 2. The van der Waals surface area contributed by atoms with Gasteiger partial charge in [-0.2, -0.15) is 0 Å². The highest BCUT2D eigenvalue weighted by molar-refractivity contribution is 9.10. The maximum atomic E-state index is 12.6. The first-order valence-corrected chi connectivity index (χ1v) is 10.6. The zero-order valence-electron chi connectivity index (χ0n) is 16.1. The molecule has 1 fully saturated rings. The molecule has 8 heteroatoms. The van der Waals surface area contributed by atoms with Crippen LogP contribution in [0.3, 0.4) is 0 Å². The van der Waals surface area contributed by atoms with E-state index in [1.54, 1.807) is 12.1 Å². The smallest absolute Gasteiger partial charge is 0.261 e. The Kier molecular flexibility index (Phi) is 7.85. The first-order valence-electron chi connectivity index (χ1n) is 9.44. The molecule has 29 heavy (non-hydrogen) atoms. The molecule has 1 saturated heterocycles. The lowest BCUT2D eigenvalue weighted by molar-refractivity contribution is 0.0679. The topological polar surface area (TPSA) is 68.8 Å². The number of nitrogens with one attached hydrogen (secondary N) is 2. The van der Waals surface area contributed by atoms with Gasteiger partial charge in [0.1, 0.15) is 18.1 Å². The highest BCUT2D eigenvalue weighted by atomic mass is 79.9. The molecule has 0 saturated carbocycles. The summed E-state index contributed by atoms with van der Waals surface area (Å²) in [6.07, 6.45) is 2.30. The molecule has 1 aliphatic rings. The maximum Gasteiger partial charge on any atom is 0.261 e. The molecular formula is C21H23BrN2O4S. The van der Waals surface area contributed by atoms with Crippen molar-refractivity contribution in [2.45, 2.75) is 25.9 Å². The number of carbonyl (C=O) groups excluding carboxylic acids is 1. The number of hydrogen-bond acceptors (Lipinski definition) is 5. The number of ether oxygens (including phenoxy) is 3. The first-order chi connectivity index (χ1) is 14.0. The standard InChI is InChI=1S/C21H23BrN2O4S/c1-2-26-19-10-5-14(22)12-18(19)20(25)24-21(29)23-15-6-8-16(9-7-15)28-13-17-4-3-11-27-17/h5-10,12,17H,2-4,11,13H2,1H3,(H2,23,24,25,29). The van der Waals surface area contributed by atoms with Crippen LogP contribution in [0.5, 0.6) is 11.5 Å². The van der Waals surface area contributed by atoms with Gasteiger partial charge in [0.25, 0.3) is 5.91 Å². The molecule has 0 bridgehead atoms. The van der Waals surface area contributed by atoms with Crippen molar-refractivity contribution in [3.63, 3.8) is 0 Å². The van der Waals surface area contributed by atoms with Crippen LogP contribution in [0.25, 0.3) is 0 Å². The van der Waals surface area contributed by atoms with Crippen LogP contribution in [0.2, 0.25) is 0 Å². The fraction of sp³-hybridized carbons (Fsp3) is 0.333. The molecular weight excluding hydrogens is 456 g/mol. The Morgan fingerprint density at radius 1 is 1.24 bits per heavy atom. The number of rotatable bonds is 7. The molecule has 1 atom stereocenters. The SMILES string of the molecule is CCOc1ccc(Br)cc1C(=O)NC(=S)Nc1ccc(OCC2CCCO2)cc1. The molecule has 1 amide bonds. The summed E-state index contributed by atoms with van der Waals surface area (Å²) >= 11 is 8.64. The summed E-state index contributed by atoms with van der Waals surface area (Å²) < 4.78 is 17.6. The van der Waals surface area contributed by atoms with E-state index in [1.165, 1.54) is 0 Å². The summed E-state index contributed by atoms with van der Waals surface area (Å²) in [6.45, 7) is 3.69. The van der Waals surface area contributed by atoms with Crippen molar-refractivity contribution in [2.75, 3.05) is 25.1 Å². The quantitative estimate of drug-likeness (QED) is 0.569. The summed E-state index contributed by atoms with van der Waals surface area (Å²) in [7, 11) is 0. The summed E-state index contributed by atoms with van der Waals surface area (Å²) in [5, 5.41) is 5.88. The lowest BCUT2D eigenvalue weighted by atomic mass is 10.2. The van der Waals surface area contributed by atoms with E-state index >= 15 is 0 Å². The molecule has 1 aliphatic heterocycles. The van der Waals surface area contributed by atoms with Gasteiger partial charge in [0.2, 0.25) is 0 Å². The van der Waals surface area contributed by atoms with E-state index in [-0.39, 0.29) is 17.1 Å². The molecule has 154 valence electrons. The number of amides is 1. The Balaban J connectivity index is 1.53. The summed E-state index contributed by atoms with van der Waals surface area (Å²) in [5.74, 6) is 0.920. The molecule has 0 aromatic heterocycles. The predicted octanol–water partition coefficient (Wildman–Crippen LogP) is 4.53. The van der Waals surface area contributed by atoms with Gasteiger partial charge in [-0.05, 0) is 74.4 Å². The third kappa shape index (κ3) is 6.42. The molecule has 1 heterocycles. The molecule has 6 nitrogen and oxygen atoms in total. The van der Waals surface area contributed by atoms with Crippen LogP contribution in [0, 0.1) is 0 Å². The van der Waals surface area contributed by atoms with E-state index in [0.29, 0.717) is 24.5 Å². The van der Waals surface area contributed by atoms with Gasteiger partial charge in [0.05, 0.1) is 18.3 Å². The summed E-state index contributed by atoms with van der Waals surface area (Å²) in [4.78, 5) is 12.6. The molecule has 0 spiro atoms. The van der Waals surface area contributed by atoms with Crippen LogP contribution in [-0.2, 0) is 4.74 Å². The van der Waals surface area contributed by atoms with E-state index in [9.17, 15) is 4.79 Å². The van der Waals surface area contributed by atoms with Crippen LogP contribution >= 0.6 is 28.1 Å². The van der Waals surface area contributed by atoms with Gasteiger partial charge in [0, 0.05) is 16.8 Å². The van der Waals surface area contributed by atoms with Crippen molar-refractivity contribution in [3.05, 3.63) is 52.5 Å². The van der Waals surface area contributed by atoms with E-state index in [2.05, 4.69) is 26.6 Å². The monoisotopic (exact) mass is 478 g/mol. The Bertz CT molecular complexity index is 854. The molecule has 3 rings (SSSR count). The van der Waals surface area contributed by atoms with E-state index < -0.39 is 0 Å². The van der Waals surface area contributed by atoms with Gasteiger partial charge in [-0.15, -0.1) is 0 Å². The van der Waals surface area contributed by atoms with Crippen molar-refractivity contribution in [2.24, 2.45) is 0 Å². The molecule has 1 unspecified atom stereocenters. The third-order valence-electron chi connectivity index (χ3n) is 4.29. The number of thiocarbonyl (C=S) groups is 1. The first kappa shape index (κ1) is 21.5. The Morgan fingerprint density at radius 3 is 2.72 bits per heavy atom. The van der Waals surface area contributed by atoms with E-state index in [1.807, 2.05) is 37.3 Å². The van der Waals surface area contributed by atoms with Crippen LogP contribution < -0.4 is 20.1 Å². The zero-order valence-corrected chi connectivity index (χ0v) is 18.5. The number of anilines is 1. The zero-order chi connectivity index (χ0) is 20.6. The Morgan fingerprint density at radius 2 is 2.03 bits per heavy atom. The van der Waals surface area contributed by atoms with Gasteiger partial charge >= 0.3 is 0 Å². The highest BCUT2D eigenvalue weighted by Gasteiger charge is 2.16. The lowest BCUT2D eigenvalue weighted by Crippen LogP contribution is -2.34.